The number of allylic oxidation sites excluding steroid dienone is 38. The zero-order chi connectivity index (χ0) is 70.4. The van der Waals surface area contributed by atoms with E-state index in [0.29, 0.717) is 17.4 Å². The molecule has 0 aliphatic rings. The van der Waals surface area contributed by atoms with Crippen molar-refractivity contribution in [2.75, 3.05) is 47.5 Å². The van der Waals surface area contributed by atoms with Crippen LogP contribution in [0, 0.1) is 0 Å². The maximum atomic E-state index is 12.9. The largest absolute Gasteiger partial charge is 0.545 e. The van der Waals surface area contributed by atoms with E-state index in [4.69, 9.17) is 18.9 Å². The molecule has 0 fully saturated rings. The van der Waals surface area contributed by atoms with E-state index in [-0.39, 0.29) is 38.6 Å². The normalized spacial score (nSPS) is 14.0. The minimum atomic E-state index is -1.65. The number of unbranched alkanes of at least 4 members (excludes halogenated alkanes) is 13. The second-order valence-electron chi connectivity index (χ2n) is 25.1. The molecule has 0 rings (SSSR count). The Hall–Kier alpha value is -6.65. The van der Waals surface area contributed by atoms with Gasteiger partial charge in [-0.05, 0) is 161 Å². The van der Waals surface area contributed by atoms with Gasteiger partial charge in [-0.2, -0.15) is 0 Å². The highest BCUT2D eigenvalue weighted by Gasteiger charge is 2.22. The number of carbonyl (C=O) groups excluding carboxylic acids is 3. The van der Waals surface area contributed by atoms with Gasteiger partial charge in [0.05, 0.1) is 40.3 Å². The molecule has 2 unspecified atom stereocenters. The summed E-state index contributed by atoms with van der Waals surface area (Å²) in [6.07, 6.45) is 117. The van der Waals surface area contributed by atoms with Gasteiger partial charge in [0.2, 0.25) is 0 Å². The SMILES string of the molecule is CC/C=C\C/C=C\C/C=C\C/C=C\C/C=C\C/C=C\C/C=C\C/C=C\C/C=C\C/C=C\C/C=C\C/C=C\CCCCC(=O)OC(COC(=O)CCCCCCCCCCCCC/C=C\C/C=C\C/C=C\C/C=C\C/C=C\C/C=C\C/C=C\CC)COC(OCC[N+](C)(C)C)C(=O)[O-]. The molecule has 0 heterocycles. The van der Waals surface area contributed by atoms with Crippen molar-refractivity contribution < 1.29 is 42.9 Å². The Morgan fingerprint density at radius 3 is 0.845 bits per heavy atom. The van der Waals surface area contributed by atoms with Crippen LogP contribution in [-0.2, 0) is 33.3 Å². The monoisotopic (exact) mass is 1330 g/mol. The van der Waals surface area contributed by atoms with Crippen molar-refractivity contribution in [2.45, 2.75) is 257 Å². The molecule has 2 atom stereocenters. The Kier molecular flexibility index (Phi) is 70.0. The van der Waals surface area contributed by atoms with Crippen LogP contribution in [0.4, 0.5) is 0 Å². The molecule has 0 amide bonds. The minimum absolute atomic E-state index is 0.126. The first-order chi connectivity index (χ1) is 47.6. The van der Waals surface area contributed by atoms with Gasteiger partial charge in [-0.25, -0.2) is 0 Å². The van der Waals surface area contributed by atoms with Gasteiger partial charge >= 0.3 is 11.9 Å². The van der Waals surface area contributed by atoms with Crippen LogP contribution in [0.25, 0.3) is 0 Å². The topological polar surface area (TPSA) is 111 Å². The summed E-state index contributed by atoms with van der Waals surface area (Å²) in [6, 6.07) is 0. The van der Waals surface area contributed by atoms with Crippen molar-refractivity contribution in [2.24, 2.45) is 0 Å². The highest BCUT2D eigenvalue weighted by molar-refractivity contribution is 5.70. The molecule has 97 heavy (non-hydrogen) atoms. The predicted molar refractivity (Wildman–Crippen MR) is 416 cm³/mol. The van der Waals surface area contributed by atoms with Crippen molar-refractivity contribution in [1.82, 2.24) is 0 Å². The summed E-state index contributed by atoms with van der Waals surface area (Å²) < 4.78 is 22.7. The first-order valence-electron chi connectivity index (χ1n) is 37.5. The molecule has 0 saturated carbocycles. The van der Waals surface area contributed by atoms with Crippen LogP contribution in [0.15, 0.2) is 231 Å². The number of hydrogen-bond donors (Lipinski definition) is 0. The standard InChI is InChI=1S/C88H135NO8/c1-6-8-10-12-14-16-18-20-22-24-26-28-30-32-34-36-38-40-41-42-43-44-45-47-49-51-53-55-57-59-61-63-65-67-69-71-73-75-77-79-86(91)97-84(83-96-88(87(92)93)94-81-80-89(3,4)5)82-95-85(90)78-76-74-72-70-68-66-64-62-60-58-56-54-52-50-48-46-39-37-35-33-31-29-27-25-23-21-19-17-15-13-11-9-7-2/h8-11,14-17,20-23,26-29,32-35,38-40,42-43,45-47,50-53,57,59,63,65,69,71,84,88H,6-7,12-13,18-19,24-25,30-31,36-37,41,44,48-49,54-56,58,60-62,64,66-68,70,72-83H2,1-5H3/b10-8-,11-9-,16-14-,17-15-,22-20-,23-21-,28-26-,29-27-,34-32-,35-33-,40-38-,43-42-,46-39-,47-45-,52-50-,53-51-,59-57-,65-63-,71-69-. The Bertz CT molecular complexity index is 2450. The van der Waals surface area contributed by atoms with Gasteiger partial charge in [0.1, 0.15) is 13.2 Å². The first-order valence-corrected chi connectivity index (χ1v) is 37.5. The van der Waals surface area contributed by atoms with Crippen molar-refractivity contribution >= 4 is 17.9 Å². The summed E-state index contributed by atoms with van der Waals surface area (Å²) in [6.45, 7) is 4.44. The Labute approximate surface area is 593 Å². The van der Waals surface area contributed by atoms with E-state index >= 15 is 0 Å². The van der Waals surface area contributed by atoms with Crippen LogP contribution in [0.3, 0.4) is 0 Å². The number of carboxylic acid groups (broad SMARTS) is 1. The minimum Gasteiger partial charge on any atom is -0.545 e. The summed E-state index contributed by atoms with van der Waals surface area (Å²) in [5.74, 6) is -2.37. The lowest BCUT2D eigenvalue weighted by atomic mass is 10.0. The van der Waals surface area contributed by atoms with Crippen LogP contribution in [0.2, 0.25) is 0 Å². The molecule has 0 N–H and O–H groups in total. The lowest BCUT2D eigenvalue weighted by Crippen LogP contribution is -2.44. The molecule has 540 valence electrons. The fourth-order valence-electron chi connectivity index (χ4n) is 9.26. The second-order valence-corrected chi connectivity index (χ2v) is 25.1. The molecular formula is C88H135NO8. The summed E-state index contributed by atoms with van der Waals surface area (Å²) in [7, 11) is 5.90. The molecule has 0 radical (unpaired) electrons. The van der Waals surface area contributed by atoms with Gasteiger partial charge < -0.3 is 33.3 Å². The van der Waals surface area contributed by atoms with Gasteiger partial charge in [-0.1, -0.05) is 303 Å². The Morgan fingerprint density at radius 2 is 0.557 bits per heavy atom. The number of carboxylic acids is 1. The molecule has 0 spiro atoms. The molecule has 9 nitrogen and oxygen atoms in total. The van der Waals surface area contributed by atoms with Gasteiger partial charge in [0.15, 0.2) is 12.4 Å². The third-order valence-corrected chi connectivity index (χ3v) is 14.9. The van der Waals surface area contributed by atoms with Gasteiger partial charge in [0.25, 0.3) is 0 Å². The first kappa shape index (κ1) is 90.4. The predicted octanol–water partition coefficient (Wildman–Crippen LogP) is 22.9. The summed E-state index contributed by atoms with van der Waals surface area (Å²) in [5, 5.41) is 11.8. The van der Waals surface area contributed by atoms with E-state index in [9.17, 15) is 19.5 Å². The maximum absolute atomic E-state index is 12.9. The quantitative estimate of drug-likeness (QED) is 0.0195. The summed E-state index contributed by atoms with van der Waals surface area (Å²) >= 11 is 0. The zero-order valence-corrected chi connectivity index (χ0v) is 61.6. The van der Waals surface area contributed by atoms with E-state index < -0.39 is 24.3 Å². The maximum Gasteiger partial charge on any atom is 0.306 e. The number of likely N-dealkylation sites (N-methyl/N-ethyl adjacent to an activating group) is 1. The van der Waals surface area contributed by atoms with Crippen LogP contribution in [0.1, 0.15) is 245 Å². The number of aliphatic carboxylic acids is 1. The molecule has 0 aliphatic carbocycles. The molecule has 0 bridgehead atoms. The van der Waals surface area contributed by atoms with Crippen LogP contribution in [0.5, 0.6) is 0 Å². The van der Waals surface area contributed by atoms with Crippen LogP contribution in [-0.4, -0.2) is 82.3 Å². The number of nitrogens with zero attached hydrogens (tertiary/aromatic N) is 1. The van der Waals surface area contributed by atoms with Gasteiger partial charge in [-0.15, -0.1) is 0 Å². The summed E-state index contributed by atoms with van der Waals surface area (Å²) in [4.78, 5) is 37.5. The van der Waals surface area contributed by atoms with Crippen LogP contribution >= 0.6 is 0 Å². The molecule has 0 saturated heterocycles. The lowest BCUT2D eigenvalue weighted by Gasteiger charge is -2.26. The number of quaternary nitrogens is 1. The average Bonchev–Trinajstić information content (AvgIpc) is 2.39. The van der Waals surface area contributed by atoms with E-state index in [1.54, 1.807) is 0 Å². The third kappa shape index (κ3) is 76.6. The molecule has 0 aromatic heterocycles. The lowest BCUT2D eigenvalue weighted by molar-refractivity contribution is -0.870. The molecule has 0 aliphatic heterocycles. The summed E-state index contributed by atoms with van der Waals surface area (Å²) in [5.41, 5.74) is 0. The number of rotatable bonds is 66. The molecular weight excluding hydrogens is 1200 g/mol. The van der Waals surface area contributed by atoms with E-state index in [2.05, 4.69) is 245 Å². The van der Waals surface area contributed by atoms with Gasteiger partial charge in [-0.3, -0.25) is 9.59 Å². The number of carbonyl (C=O) groups is 3. The van der Waals surface area contributed by atoms with E-state index in [1.165, 1.54) is 44.9 Å². The third-order valence-electron chi connectivity index (χ3n) is 14.9. The van der Waals surface area contributed by atoms with Crippen molar-refractivity contribution in [3.8, 4) is 0 Å². The molecule has 0 aromatic carbocycles. The molecule has 9 heteroatoms. The van der Waals surface area contributed by atoms with Crippen molar-refractivity contribution in [1.29, 1.82) is 0 Å². The smallest absolute Gasteiger partial charge is 0.306 e. The van der Waals surface area contributed by atoms with Crippen molar-refractivity contribution in [3.05, 3.63) is 231 Å². The van der Waals surface area contributed by atoms with Crippen molar-refractivity contribution in [3.63, 3.8) is 0 Å². The van der Waals surface area contributed by atoms with Crippen LogP contribution < -0.4 is 5.11 Å². The number of hydrogen-bond acceptors (Lipinski definition) is 8. The fraction of sp³-hybridized carbons (Fsp3) is 0.534. The molecule has 0 aromatic rings. The highest BCUT2D eigenvalue weighted by atomic mass is 16.7. The Balaban J connectivity index is 4.27. The average molecular weight is 1340 g/mol. The number of ether oxygens (including phenoxy) is 4. The van der Waals surface area contributed by atoms with Gasteiger partial charge in [0, 0.05) is 12.8 Å². The van der Waals surface area contributed by atoms with E-state index in [1.807, 2.05) is 21.1 Å². The zero-order valence-electron chi connectivity index (χ0n) is 61.6. The fourth-order valence-corrected chi connectivity index (χ4v) is 9.26. The van der Waals surface area contributed by atoms with E-state index in [0.717, 1.165) is 167 Å². The second kappa shape index (κ2) is 75.1. The highest BCUT2D eigenvalue weighted by Crippen LogP contribution is 2.15. The Morgan fingerprint density at radius 1 is 0.309 bits per heavy atom. The number of esters is 2.